The summed E-state index contributed by atoms with van der Waals surface area (Å²) in [4.78, 5) is 20.9. The summed E-state index contributed by atoms with van der Waals surface area (Å²) < 4.78 is 7.22. The quantitative estimate of drug-likeness (QED) is 0.788. The zero-order valence-corrected chi connectivity index (χ0v) is 15.2. The molecule has 1 aliphatic carbocycles. The first-order chi connectivity index (χ1) is 11.2. The predicted molar refractivity (Wildman–Crippen MR) is 90.9 cm³/mol. The zero-order valence-electron chi connectivity index (χ0n) is 15.2. The van der Waals surface area contributed by atoms with E-state index in [0.717, 1.165) is 37.1 Å². The normalized spacial score (nSPS) is 21.9. The monoisotopic (exact) mass is 330 g/mol. The van der Waals surface area contributed by atoms with Crippen LogP contribution in [0.4, 0.5) is 0 Å². The summed E-state index contributed by atoms with van der Waals surface area (Å²) >= 11 is 0. The lowest BCUT2D eigenvalue weighted by molar-refractivity contribution is 0.00810. The van der Waals surface area contributed by atoms with Gasteiger partial charge in [0.05, 0.1) is 0 Å². The van der Waals surface area contributed by atoms with Crippen LogP contribution in [0.2, 0.25) is 0 Å². The van der Waals surface area contributed by atoms with E-state index in [4.69, 9.17) is 4.74 Å². The number of fused-ring (bicyclic) bond motifs is 1. The van der Waals surface area contributed by atoms with E-state index in [2.05, 4.69) is 35.8 Å². The maximum absolute atomic E-state index is 12.4. The van der Waals surface area contributed by atoms with Crippen LogP contribution in [0.15, 0.2) is 6.07 Å². The van der Waals surface area contributed by atoms with Crippen molar-refractivity contribution in [3.8, 4) is 0 Å². The molecular formula is C18H26N4O2. The van der Waals surface area contributed by atoms with Crippen molar-refractivity contribution >= 4 is 11.7 Å². The van der Waals surface area contributed by atoms with E-state index >= 15 is 0 Å². The number of aromatic nitrogens is 4. The van der Waals surface area contributed by atoms with Crippen molar-refractivity contribution in [1.82, 2.24) is 19.6 Å². The Kier molecular flexibility index (Phi) is 4.32. The Labute approximate surface area is 142 Å². The molecule has 24 heavy (non-hydrogen) atoms. The number of rotatable bonds is 2. The second kappa shape index (κ2) is 6.15. The molecule has 0 bridgehead atoms. The fourth-order valence-corrected chi connectivity index (χ4v) is 3.50. The number of nitrogens with zero attached hydrogens (tertiary/aromatic N) is 4. The summed E-state index contributed by atoms with van der Waals surface area (Å²) in [6, 6.07) is 1.91. The standard InChI is InChI=1S/C18H26N4O2/c1-11-10-12(2)22-17(19-11)20-15(21-22)16(23)24-14-8-6-13(7-9-14)18(3,4)5/h10,13-14H,6-9H2,1-5H3. The molecule has 1 aliphatic rings. The molecule has 2 heterocycles. The molecule has 0 unspecified atom stereocenters. The van der Waals surface area contributed by atoms with Gasteiger partial charge in [0.25, 0.3) is 11.6 Å². The number of esters is 1. The largest absolute Gasteiger partial charge is 0.456 e. The average Bonchev–Trinajstić information content (AvgIpc) is 2.91. The smallest absolute Gasteiger partial charge is 0.378 e. The summed E-state index contributed by atoms with van der Waals surface area (Å²) in [5, 5.41) is 4.24. The molecule has 0 amide bonds. The number of carbonyl (C=O) groups excluding carboxylic acids is 1. The highest BCUT2D eigenvalue weighted by atomic mass is 16.5. The second-order valence-corrected chi connectivity index (χ2v) is 7.93. The van der Waals surface area contributed by atoms with E-state index in [9.17, 15) is 4.79 Å². The van der Waals surface area contributed by atoms with Gasteiger partial charge >= 0.3 is 5.97 Å². The van der Waals surface area contributed by atoms with Crippen molar-refractivity contribution in [3.05, 3.63) is 23.3 Å². The SMILES string of the molecule is Cc1cc(C)n2nc(C(=O)OC3CCC(C(C)(C)C)CC3)nc2n1. The van der Waals surface area contributed by atoms with E-state index < -0.39 is 5.97 Å². The van der Waals surface area contributed by atoms with Gasteiger partial charge in [0.2, 0.25) is 0 Å². The molecule has 0 aliphatic heterocycles. The van der Waals surface area contributed by atoms with Crippen LogP contribution in [0.5, 0.6) is 0 Å². The minimum atomic E-state index is -0.447. The Morgan fingerprint density at radius 2 is 1.83 bits per heavy atom. The fraction of sp³-hybridized carbons (Fsp3) is 0.667. The summed E-state index contributed by atoms with van der Waals surface area (Å²) in [6.07, 6.45) is 3.99. The van der Waals surface area contributed by atoms with Crippen molar-refractivity contribution < 1.29 is 9.53 Å². The Balaban J connectivity index is 1.67. The van der Waals surface area contributed by atoms with Gasteiger partial charge in [0.15, 0.2) is 0 Å². The van der Waals surface area contributed by atoms with Crippen LogP contribution in [-0.2, 0) is 4.74 Å². The molecule has 2 aromatic heterocycles. The summed E-state index contributed by atoms with van der Waals surface area (Å²) in [5.41, 5.74) is 2.07. The van der Waals surface area contributed by atoms with Gasteiger partial charge in [-0.05, 0) is 56.9 Å². The number of hydrogen-bond donors (Lipinski definition) is 0. The molecule has 6 nitrogen and oxygen atoms in total. The molecule has 3 rings (SSSR count). The van der Waals surface area contributed by atoms with Crippen molar-refractivity contribution in [1.29, 1.82) is 0 Å². The van der Waals surface area contributed by atoms with E-state index in [1.165, 1.54) is 0 Å². The van der Waals surface area contributed by atoms with Crippen LogP contribution < -0.4 is 0 Å². The zero-order chi connectivity index (χ0) is 17.5. The Morgan fingerprint density at radius 3 is 2.46 bits per heavy atom. The number of carbonyl (C=O) groups is 1. The van der Waals surface area contributed by atoms with Gasteiger partial charge in [-0.3, -0.25) is 0 Å². The molecule has 0 spiro atoms. The number of ether oxygens (including phenoxy) is 1. The Hall–Kier alpha value is -1.98. The first-order valence-corrected chi connectivity index (χ1v) is 8.66. The molecule has 1 fully saturated rings. The van der Waals surface area contributed by atoms with Crippen molar-refractivity contribution in [2.75, 3.05) is 0 Å². The lowest BCUT2D eigenvalue weighted by atomic mass is 9.72. The van der Waals surface area contributed by atoms with Crippen LogP contribution >= 0.6 is 0 Å². The van der Waals surface area contributed by atoms with Gasteiger partial charge in [0.1, 0.15) is 6.10 Å². The first-order valence-electron chi connectivity index (χ1n) is 8.66. The Morgan fingerprint density at radius 1 is 1.17 bits per heavy atom. The molecule has 130 valence electrons. The van der Waals surface area contributed by atoms with Gasteiger partial charge in [-0.1, -0.05) is 20.8 Å². The molecule has 2 aromatic rings. The molecule has 1 saturated carbocycles. The van der Waals surface area contributed by atoms with E-state index in [0.29, 0.717) is 17.1 Å². The highest BCUT2D eigenvalue weighted by Gasteiger charge is 2.31. The van der Waals surface area contributed by atoms with E-state index in [1.807, 2.05) is 19.9 Å². The molecule has 6 heteroatoms. The van der Waals surface area contributed by atoms with Crippen molar-refractivity contribution in [3.63, 3.8) is 0 Å². The van der Waals surface area contributed by atoms with Crippen LogP contribution in [0.25, 0.3) is 5.78 Å². The molecule has 0 atom stereocenters. The molecule has 0 saturated heterocycles. The fourth-order valence-electron chi connectivity index (χ4n) is 3.50. The molecule has 0 radical (unpaired) electrons. The Bertz CT molecular complexity index is 752. The van der Waals surface area contributed by atoms with Gasteiger partial charge in [0, 0.05) is 11.4 Å². The molecule has 0 aromatic carbocycles. The molecule has 0 N–H and O–H groups in total. The minimum Gasteiger partial charge on any atom is -0.456 e. The van der Waals surface area contributed by atoms with Gasteiger partial charge in [-0.2, -0.15) is 4.98 Å². The van der Waals surface area contributed by atoms with Crippen LogP contribution in [-0.4, -0.2) is 31.7 Å². The van der Waals surface area contributed by atoms with E-state index in [-0.39, 0.29) is 11.9 Å². The third kappa shape index (κ3) is 3.42. The number of hydrogen-bond acceptors (Lipinski definition) is 5. The summed E-state index contributed by atoms with van der Waals surface area (Å²) in [5.74, 6) is 0.775. The van der Waals surface area contributed by atoms with Crippen LogP contribution in [0.1, 0.15) is 68.5 Å². The van der Waals surface area contributed by atoms with Gasteiger partial charge in [-0.15, -0.1) is 5.10 Å². The van der Waals surface area contributed by atoms with Gasteiger partial charge in [-0.25, -0.2) is 14.3 Å². The summed E-state index contributed by atoms with van der Waals surface area (Å²) in [6.45, 7) is 10.7. The number of aryl methyl sites for hydroxylation is 2. The second-order valence-electron chi connectivity index (χ2n) is 7.93. The average molecular weight is 330 g/mol. The third-order valence-corrected chi connectivity index (χ3v) is 4.97. The maximum Gasteiger partial charge on any atom is 0.378 e. The summed E-state index contributed by atoms with van der Waals surface area (Å²) in [7, 11) is 0. The molecular weight excluding hydrogens is 304 g/mol. The van der Waals surface area contributed by atoms with Crippen molar-refractivity contribution in [2.24, 2.45) is 11.3 Å². The highest BCUT2D eigenvalue weighted by Crippen LogP contribution is 2.38. The van der Waals surface area contributed by atoms with Crippen LogP contribution in [0.3, 0.4) is 0 Å². The predicted octanol–water partition coefficient (Wildman–Crippen LogP) is 3.50. The van der Waals surface area contributed by atoms with E-state index in [1.54, 1.807) is 4.52 Å². The van der Waals surface area contributed by atoms with Crippen molar-refractivity contribution in [2.45, 2.75) is 66.4 Å². The van der Waals surface area contributed by atoms with Crippen LogP contribution in [0, 0.1) is 25.2 Å². The topological polar surface area (TPSA) is 69.4 Å². The van der Waals surface area contributed by atoms with Gasteiger partial charge < -0.3 is 4.74 Å². The minimum absolute atomic E-state index is 0.0292. The first kappa shape index (κ1) is 16.9. The maximum atomic E-state index is 12.4. The lowest BCUT2D eigenvalue weighted by Crippen LogP contribution is -2.30. The lowest BCUT2D eigenvalue weighted by Gasteiger charge is -2.36. The highest BCUT2D eigenvalue weighted by molar-refractivity contribution is 5.85. The third-order valence-electron chi connectivity index (χ3n) is 4.97.